The van der Waals surface area contributed by atoms with Crippen LogP contribution in [0.3, 0.4) is 0 Å². The van der Waals surface area contributed by atoms with E-state index in [0.29, 0.717) is 6.10 Å². The summed E-state index contributed by atoms with van der Waals surface area (Å²) in [5, 5.41) is 0. The lowest BCUT2D eigenvalue weighted by atomic mass is 10.1. The van der Waals surface area contributed by atoms with E-state index >= 15 is 0 Å². The molecule has 0 radical (unpaired) electrons. The first kappa shape index (κ1) is 11.0. The average Bonchev–Trinajstić information content (AvgIpc) is 2.54. The van der Waals surface area contributed by atoms with Gasteiger partial charge in [-0.2, -0.15) is 0 Å². The number of hydrogen-bond donors (Lipinski definition) is 0. The quantitative estimate of drug-likeness (QED) is 0.631. The second-order valence-corrected chi connectivity index (χ2v) is 3.47. The van der Waals surface area contributed by atoms with Crippen LogP contribution in [0.1, 0.15) is 33.6 Å². The van der Waals surface area contributed by atoms with Gasteiger partial charge in [-0.25, -0.2) is 0 Å². The highest BCUT2D eigenvalue weighted by atomic mass is 16.5. The number of hydrogen-bond acceptors (Lipinski definition) is 2. The van der Waals surface area contributed by atoms with Crippen molar-refractivity contribution in [2.75, 3.05) is 6.54 Å². The summed E-state index contributed by atoms with van der Waals surface area (Å²) in [5.41, 5.74) is 1.31. The van der Waals surface area contributed by atoms with Gasteiger partial charge in [0.25, 0.3) is 0 Å². The van der Waals surface area contributed by atoms with Crippen LogP contribution in [0.25, 0.3) is 0 Å². The molecule has 1 rings (SSSR count). The van der Waals surface area contributed by atoms with Crippen molar-refractivity contribution >= 4 is 6.21 Å². The summed E-state index contributed by atoms with van der Waals surface area (Å²) >= 11 is 0. The summed E-state index contributed by atoms with van der Waals surface area (Å²) in [5.74, 6) is 1.02. The second kappa shape index (κ2) is 5.63. The minimum atomic E-state index is 0.322. The molecule has 0 bridgehead atoms. The monoisotopic (exact) mass is 193 g/mol. The Balaban J connectivity index is 2.54. The predicted molar refractivity (Wildman–Crippen MR) is 60.7 cm³/mol. The molecule has 1 aliphatic rings. The van der Waals surface area contributed by atoms with Crippen LogP contribution in [0, 0.1) is 0 Å². The van der Waals surface area contributed by atoms with E-state index in [2.05, 4.69) is 37.9 Å². The van der Waals surface area contributed by atoms with Gasteiger partial charge in [-0.15, -0.1) is 0 Å². The van der Waals surface area contributed by atoms with E-state index in [4.69, 9.17) is 4.74 Å². The molecular formula is C12H19NO. The van der Waals surface area contributed by atoms with Crippen molar-refractivity contribution in [3.8, 4) is 0 Å². The zero-order chi connectivity index (χ0) is 10.4. The molecule has 14 heavy (non-hydrogen) atoms. The molecule has 0 aromatic carbocycles. The molecule has 2 nitrogen and oxygen atoms in total. The van der Waals surface area contributed by atoms with Crippen molar-refractivity contribution in [2.24, 2.45) is 4.99 Å². The fourth-order valence-electron chi connectivity index (χ4n) is 1.52. The van der Waals surface area contributed by atoms with Gasteiger partial charge in [-0.05, 0) is 38.1 Å². The molecule has 1 unspecified atom stereocenters. The lowest BCUT2D eigenvalue weighted by Crippen LogP contribution is -1.94. The first-order valence-electron chi connectivity index (χ1n) is 5.28. The molecule has 0 aromatic heterocycles. The van der Waals surface area contributed by atoms with E-state index in [1.54, 1.807) is 0 Å². The standard InChI is InChI=1S/C12H19NO/c1-4-7-13-8-6-12-11(5-2)9-10(3)14-12/h5-7,10H,4,8-9H2,1-3H3/b11-5-,12-6+,13-7-. The summed E-state index contributed by atoms with van der Waals surface area (Å²) in [7, 11) is 0. The Morgan fingerprint density at radius 2 is 2.36 bits per heavy atom. The van der Waals surface area contributed by atoms with Crippen LogP contribution < -0.4 is 0 Å². The van der Waals surface area contributed by atoms with Gasteiger partial charge in [0.1, 0.15) is 11.9 Å². The number of rotatable bonds is 3. The van der Waals surface area contributed by atoms with Crippen LogP contribution in [0.4, 0.5) is 0 Å². The van der Waals surface area contributed by atoms with E-state index in [9.17, 15) is 0 Å². The van der Waals surface area contributed by atoms with E-state index < -0.39 is 0 Å². The number of ether oxygens (including phenoxy) is 1. The first-order valence-corrected chi connectivity index (χ1v) is 5.28. The van der Waals surface area contributed by atoms with Crippen molar-refractivity contribution < 1.29 is 4.74 Å². The van der Waals surface area contributed by atoms with E-state index in [1.807, 2.05) is 6.21 Å². The van der Waals surface area contributed by atoms with Crippen LogP contribution in [-0.2, 0) is 4.74 Å². The molecule has 0 saturated carbocycles. The summed E-state index contributed by atoms with van der Waals surface area (Å²) < 4.78 is 5.66. The largest absolute Gasteiger partial charge is 0.490 e. The molecule has 1 fully saturated rings. The molecule has 0 N–H and O–H groups in total. The summed E-state index contributed by atoms with van der Waals surface area (Å²) in [6, 6.07) is 0. The Kier molecular flexibility index (Phi) is 4.44. The highest BCUT2D eigenvalue weighted by Crippen LogP contribution is 2.28. The highest BCUT2D eigenvalue weighted by Gasteiger charge is 2.20. The SMILES string of the molecule is C/C=C1/CC(C)O/C1=C/C/N=C\CC. The molecule has 0 aromatic rings. The Hall–Kier alpha value is -1.05. The topological polar surface area (TPSA) is 21.6 Å². The summed E-state index contributed by atoms with van der Waals surface area (Å²) in [6.07, 6.45) is 8.47. The second-order valence-electron chi connectivity index (χ2n) is 3.47. The molecule has 1 atom stereocenters. The fraction of sp³-hybridized carbons (Fsp3) is 0.583. The molecule has 1 saturated heterocycles. The van der Waals surface area contributed by atoms with Crippen LogP contribution in [0.15, 0.2) is 28.5 Å². The smallest absolute Gasteiger partial charge is 0.120 e. The van der Waals surface area contributed by atoms with Crippen molar-refractivity contribution in [1.29, 1.82) is 0 Å². The molecule has 0 amide bonds. The predicted octanol–water partition coefficient (Wildman–Crippen LogP) is 3.11. The Morgan fingerprint density at radius 1 is 1.57 bits per heavy atom. The van der Waals surface area contributed by atoms with Crippen molar-refractivity contribution in [2.45, 2.75) is 39.7 Å². The number of aliphatic imine (C=N–C) groups is 1. The maximum Gasteiger partial charge on any atom is 0.120 e. The fourth-order valence-corrected chi connectivity index (χ4v) is 1.52. The van der Waals surface area contributed by atoms with Crippen molar-refractivity contribution in [1.82, 2.24) is 0 Å². The zero-order valence-electron chi connectivity index (χ0n) is 9.29. The highest BCUT2D eigenvalue weighted by molar-refractivity contribution is 5.56. The summed E-state index contributed by atoms with van der Waals surface area (Å²) in [4.78, 5) is 4.24. The van der Waals surface area contributed by atoms with E-state index in [0.717, 1.165) is 25.1 Å². The third-order valence-electron chi connectivity index (χ3n) is 2.19. The Bertz CT molecular complexity index is 263. The van der Waals surface area contributed by atoms with Gasteiger partial charge in [0.2, 0.25) is 0 Å². The molecule has 0 aliphatic carbocycles. The van der Waals surface area contributed by atoms with Gasteiger partial charge in [-0.3, -0.25) is 4.99 Å². The van der Waals surface area contributed by atoms with Crippen LogP contribution in [0.2, 0.25) is 0 Å². The third kappa shape index (κ3) is 3.02. The first-order chi connectivity index (χ1) is 6.77. The molecular weight excluding hydrogens is 174 g/mol. The average molecular weight is 193 g/mol. The Morgan fingerprint density at radius 3 is 3.00 bits per heavy atom. The van der Waals surface area contributed by atoms with E-state index in [1.165, 1.54) is 5.57 Å². The minimum Gasteiger partial charge on any atom is -0.490 e. The normalized spacial score (nSPS) is 27.8. The molecule has 1 heterocycles. The van der Waals surface area contributed by atoms with Gasteiger partial charge in [0, 0.05) is 6.42 Å². The lowest BCUT2D eigenvalue weighted by molar-refractivity contribution is 0.178. The van der Waals surface area contributed by atoms with Gasteiger partial charge in [-0.1, -0.05) is 13.0 Å². The van der Waals surface area contributed by atoms with Gasteiger partial charge in [0.15, 0.2) is 0 Å². The number of allylic oxidation sites excluding steroid dienone is 2. The van der Waals surface area contributed by atoms with E-state index in [-0.39, 0.29) is 0 Å². The molecule has 0 spiro atoms. The molecule has 2 heteroatoms. The van der Waals surface area contributed by atoms with Gasteiger partial charge in [0.05, 0.1) is 6.54 Å². The van der Waals surface area contributed by atoms with Crippen LogP contribution >= 0.6 is 0 Å². The van der Waals surface area contributed by atoms with Crippen molar-refractivity contribution in [3.05, 3.63) is 23.5 Å². The summed E-state index contributed by atoms with van der Waals surface area (Å²) in [6.45, 7) is 6.97. The lowest BCUT2D eigenvalue weighted by Gasteiger charge is -2.01. The molecule has 78 valence electrons. The van der Waals surface area contributed by atoms with Crippen molar-refractivity contribution in [3.63, 3.8) is 0 Å². The zero-order valence-corrected chi connectivity index (χ0v) is 9.29. The van der Waals surface area contributed by atoms with Crippen LogP contribution in [-0.4, -0.2) is 18.9 Å². The number of nitrogens with zero attached hydrogens (tertiary/aromatic N) is 1. The minimum absolute atomic E-state index is 0.322. The molecule has 1 aliphatic heterocycles. The maximum absolute atomic E-state index is 5.66. The van der Waals surface area contributed by atoms with Crippen LogP contribution in [0.5, 0.6) is 0 Å². The van der Waals surface area contributed by atoms with Gasteiger partial charge >= 0.3 is 0 Å². The Labute approximate surface area is 86.4 Å². The third-order valence-corrected chi connectivity index (χ3v) is 2.19. The van der Waals surface area contributed by atoms with Gasteiger partial charge < -0.3 is 4.74 Å². The maximum atomic E-state index is 5.66.